The number of aliphatic hydroxyl groups excluding tert-OH is 1. The normalized spacial score (nSPS) is 31.4. The summed E-state index contributed by atoms with van der Waals surface area (Å²) in [6, 6.07) is 9.23. The second-order valence-corrected chi connectivity index (χ2v) is 16.0. The fourth-order valence-corrected chi connectivity index (χ4v) is 11.6. The molecule has 3 heterocycles. The highest BCUT2D eigenvalue weighted by Gasteiger charge is 2.57. The van der Waals surface area contributed by atoms with Gasteiger partial charge in [-0.1, -0.05) is 36.5 Å². The van der Waals surface area contributed by atoms with Crippen LogP contribution in [0.5, 0.6) is 0 Å². The van der Waals surface area contributed by atoms with Gasteiger partial charge in [0.2, 0.25) is 5.91 Å². The topological polar surface area (TPSA) is 144 Å². The fraction of sp³-hybridized carbons (Fsp3) is 0.484. The number of thioether (sulfide) groups is 1. The van der Waals surface area contributed by atoms with E-state index in [1.54, 1.807) is 12.1 Å². The first-order valence-corrected chi connectivity index (χ1v) is 16.8. The maximum atomic E-state index is 13.9. The Balaban J connectivity index is 1.21. The van der Waals surface area contributed by atoms with E-state index in [2.05, 4.69) is 6.58 Å². The summed E-state index contributed by atoms with van der Waals surface area (Å²) in [4.78, 5) is 26.3. The molecule has 0 radical (unpaired) electrons. The monoisotopic (exact) mass is 608 g/mol. The predicted octanol–water partition coefficient (Wildman–Crippen LogP) is 2.97. The molecular weight excluding hydrogens is 574 g/mol. The smallest absolute Gasteiger partial charge is 0.265 e. The van der Waals surface area contributed by atoms with Gasteiger partial charge in [0.15, 0.2) is 0 Å². The van der Waals surface area contributed by atoms with Crippen LogP contribution in [0.4, 0.5) is 5.69 Å². The molecular formula is C31H34N3O6S2-. The lowest BCUT2D eigenvalue weighted by molar-refractivity contribution is -0.301. The summed E-state index contributed by atoms with van der Waals surface area (Å²) in [6.07, 6.45) is 7.58. The standard InChI is InChI=1S/C31H35N3O6S2/c1-17(32)14-30-8-11-31(12-9-30,13-10-30)15-19-6-7-21-25-20(19)4-3-5-23(25)42(39,40)33(21)16-22-26(29(37)38)34-27(36)24(18(2)35)28(34)41-22/h3-7,18,24,28,35H,1,8-16,32H2,2H3,(H,37,38)/p-1. The average molecular weight is 609 g/mol. The second kappa shape index (κ2) is 9.24. The Kier molecular flexibility index (Phi) is 6.11. The van der Waals surface area contributed by atoms with E-state index >= 15 is 0 Å². The Morgan fingerprint density at radius 2 is 1.83 bits per heavy atom. The molecule has 4 fully saturated rings. The number of rotatable bonds is 8. The molecule has 2 bridgehead atoms. The summed E-state index contributed by atoms with van der Waals surface area (Å²) >= 11 is 1.11. The Labute approximate surface area is 249 Å². The number of aliphatic hydroxyl groups is 1. The number of carboxylic acid groups (broad SMARTS) is 1. The number of β-lactam (4-membered cyclic amide) rings is 1. The molecule has 3 N–H and O–H groups in total. The highest BCUT2D eigenvalue weighted by molar-refractivity contribution is 8.04. The van der Waals surface area contributed by atoms with E-state index in [1.165, 1.54) is 11.2 Å². The lowest BCUT2D eigenvalue weighted by Gasteiger charge is -2.54. The number of fused-ring (bicyclic) bond motifs is 4. The van der Waals surface area contributed by atoms with Gasteiger partial charge in [0, 0.05) is 16.0 Å². The minimum atomic E-state index is -3.98. The van der Waals surface area contributed by atoms with Crippen molar-refractivity contribution in [3.8, 4) is 0 Å². The first-order valence-electron chi connectivity index (χ1n) is 14.5. The van der Waals surface area contributed by atoms with Gasteiger partial charge >= 0.3 is 0 Å². The number of hydrogen-bond acceptors (Lipinski definition) is 8. The number of hydrogen-bond donors (Lipinski definition) is 2. The number of nitrogens with zero attached hydrogens (tertiary/aromatic N) is 2. The van der Waals surface area contributed by atoms with E-state index in [0.29, 0.717) is 11.1 Å². The van der Waals surface area contributed by atoms with Crippen LogP contribution in [0.1, 0.15) is 57.4 Å². The molecule has 2 aromatic rings. The largest absolute Gasteiger partial charge is 0.543 e. The molecule has 3 aliphatic carbocycles. The minimum absolute atomic E-state index is 0.185. The van der Waals surface area contributed by atoms with E-state index in [0.717, 1.165) is 84.7 Å². The third-order valence-electron chi connectivity index (χ3n) is 10.5. The van der Waals surface area contributed by atoms with Crippen LogP contribution < -0.4 is 15.1 Å². The maximum absolute atomic E-state index is 13.9. The van der Waals surface area contributed by atoms with Crippen LogP contribution >= 0.6 is 11.8 Å². The van der Waals surface area contributed by atoms with Gasteiger partial charge in [0.05, 0.1) is 40.8 Å². The van der Waals surface area contributed by atoms with Gasteiger partial charge in [-0.2, -0.15) is 0 Å². The average Bonchev–Trinajstić information content (AvgIpc) is 3.36. The molecule has 1 amide bonds. The number of carbonyl (C=O) groups excluding carboxylic acids is 2. The summed E-state index contributed by atoms with van der Waals surface area (Å²) in [5.41, 5.74) is 8.54. The van der Waals surface area contributed by atoms with Gasteiger partial charge in [-0.15, -0.1) is 0 Å². The van der Waals surface area contributed by atoms with E-state index in [9.17, 15) is 28.2 Å². The van der Waals surface area contributed by atoms with E-state index < -0.39 is 39.3 Å². The number of nitrogens with two attached hydrogens (primary N) is 1. The fourth-order valence-electron chi connectivity index (χ4n) is 8.25. The molecule has 3 atom stereocenters. The van der Waals surface area contributed by atoms with Gasteiger partial charge in [0.25, 0.3) is 10.0 Å². The molecule has 222 valence electrons. The van der Waals surface area contributed by atoms with Gasteiger partial charge in [-0.05, 0) is 92.2 Å². The summed E-state index contributed by atoms with van der Waals surface area (Å²) in [5, 5.41) is 23.1. The number of sulfonamides is 1. The zero-order valence-corrected chi connectivity index (χ0v) is 25.1. The molecule has 0 spiro atoms. The van der Waals surface area contributed by atoms with Crippen molar-refractivity contribution < 1.29 is 28.2 Å². The van der Waals surface area contributed by atoms with Gasteiger partial charge in [0.1, 0.15) is 5.37 Å². The van der Waals surface area contributed by atoms with E-state index in [1.807, 2.05) is 18.2 Å². The van der Waals surface area contributed by atoms with Crippen LogP contribution in [-0.4, -0.2) is 48.3 Å². The number of allylic oxidation sites excluding steroid dienone is 1. The molecule has 3 unspecified atom stereocenters. The Hall–Kier alpha value is -3.02. The molecule has 2 aromatic carbocycles. The lowest BCUT2D eigenvalue weighted by atomic mass is 9.51. The first kappa shape index (κ1) is 27.8. The third-order valence-corrected chi connectivity index (χ3v) is 13.6. The molecule has 1 saturated heterocycles. The SMILES string of the molecule is C=C(N)CC12CCC(Cc3ccc4c5c(cccc35)S(=O)(=O)N4CC3=C(C(=O)[O-])N4C(=O)C(C(C)O)C4S3)(CC1)CC2. The molecule has 9 nitrogen and oxygen atoms in total. The molecule has 42 heavy (non-hydrogen) atoms. The quantitative estimate of drug-likeness (QED) is 0.436. The third kappa shape index (κ3) is 3.89. The number of anilines is 1. The highest BCUT2D eigenvalue weighted by atomic mass is 32.2. The molecule has 8 rings (SSSR count). The van der Waals surface area contributed by atoms with Crippen molar-refractivity contribution in [2.75, 3.05) is 10.8 Å². The maximum Gasteiger partial charge on any atom is 0.265 e. The van der Waals surface area contributed by atoms with Crippen molar-refractivity contribution in [3.05, 3.63) is 58.8 Å². The second-order valence-electron chi connectivity index (χ2n) is 13.0. The summed E-state index contributed by atoms with van der Waals surface area (Å²) in [7, 11) is -3.98. The molecule has 0 aromatic heterocycles. The molecule has 3 aliphatic heterocycles. The summed E-state index contributed by atoms with van der Waals surface area (Å²) in [6.45, 7) is 5.21. The Bertz CT molecular complexity index is 1690. The molecule has 6 aliphatic rings. The van der Waals surface area contributed by atoms with Crippen molar-refractivity contribution in [1.82, 2.24) is 4.90 Å². The number of benzene rings is 2. The number of carbonyl (C=O) groups is 2. The Morgan fingerprint density at radius 1 is 1.17 bits per heavy atom. The molecule has 3 saturated carbocycles. The van der Waals surface area contributed by atoms with Crippen LogP contribution in [0.2, 0.25) is 0 Å². The Morgan fingerprint density at radius 3 is 2.45 bits per heavy atom. The van der Waals surface area contributed by atoms with Crippen LogP contribution in [0, 0.1) is 16.7 Å². The van der Waals surface area contributed by atoms with Crippen LogP contribution in [-0.2, 0) is 26.0 Å². The van der Waals surface area contributed by atoms with Crippen molar-refractivity contribution >= 4 is 50.1 Å². The number of carboxylic acids is 1. The van der Waals surface area contributed by atoms with Crippen LogP contribution in [0.25, 0.3) is 10.8 Å². The van der Waals surface area contributed by atoms with Crippen molar-refractivity contribution in [2.45, 2.75) is 74.7 Å². The van der Waals surface area contributed by atoms with Crippen LogP contribution in [0.3, 0.4) is 0 Å². The van der Waals surface area contributed by atoms with Gasteiger partial charge in [-0.25, -0.2) is 8.42 Å². The van der Waals surface area contributed by atoms with E-state index in [-0.39, 0.29) is 32.9 Å². The van der Waals surface area contributed by atoms with Crippen molar-refractivity contribution in [1.29, 1.82) is 0 Å². The minimum Gasteiger partial charge on any atom is -0.543 e. The molecule has 11 heteroatoms. The van der Waals surface area contributed by atoms with Crippen molar-refractivity contribution in [3.63, 3.8) is 0 Å². The lowest BCUT2D eigenvalue weighted by Crippen LogP contribution is -2.61. The zero-order valence-electron chi connectivity index (χ0n) is 23.5. The zero-order chi connectivity index (χ0) is 29.8. The number of amides is 1. The van der Waals surface area contributed by atoms with Gasteiger partial charge in [-0.3, -0.25) is 14.0 Å². The first-order chi connectivity index (χ1) is 19.9. The predicted molar refractivity (Wildman–Crippen MR) is 158 cm³/mol. The van der Waals surface area contributed by atoms with Crippen molar-refractivity contribution in [2.24, 2.45) is 22.5 Å². The number of aliphatic carboxylic acids is 1. The highest BCUT2D eigenvalue weighted by Crippen LogP contribution is 2.60. The summed E-state index contributed by atoms with van der Waals surface area (Å²) in [5.74, 6) is -2.78. The van der Waals surface area contributed by atoms with Gasteiger partial charge < -0.3 is 20.7 Å². The summed E-state index contributed by atoms with van der Waals surface area (Å²) < 4.78 is 29.0. The van der Waals surface area contributed by atoms with E-state index in [4.69, 9.17) is 5.73 Å². The van der Waals surface area contributed by atoms with Crippen LogP contribution in [0.15, 0.2) is 58.1 Å².